The van der Waals surface area contributed by atoms with Crippen molar-refractivity contribution in [2.45, 2.75) is 30.3 Å². The molecule has 0 aliphatic carbocycles. The second-order valence-corrected chi connectivity index (χ2v) is 5.63. The Bertz CT molecular complexity index is 316. The number of nitrogens with zero attached hydrogens (tertiary/aromatic N) is 1. The molecule has 1 rings (SSSR count). The maximum atomic E-state index is 8.98. The van der Waals surface area contributed by atoms with Crippen LogP contribution in [0.5, 0.6) is 0 Å². The number of aliphatic hydroxyl groups is 1. The van der Waals surface area contributed by atoms with Gasteiger partial charge >= 0.3 is 0 Å². The van der Waals surface area contributed by atoms with Crippen molar-refractivity contribution in [2.75, 3.05) is 12.4 Å². The molecule has 3 nitrogen and oxygen atoms in total. The van der Waals surface area contributed by atoms with E-state index in [9.17, 15) is 0 Å². The van der Waals surface area contributed by atoms with E-state index in [0.717, 1.165) is 23.6 Å². The standard InChI is InChI=1S/C11H17ClN2OS/c1-11(13,8-15)5-2-6-16-10-4-3-9(12)7-14-10/h3-4,7,15H,2,5-6,8,13H2,1H3. The number of aromatic nitrogens is 1. The molecule has 0 aliphatic rings. The zero-order chi connectivity index (χ0) is 12.0. The number of aliphatic hydroxyl groups excluding tert-OH is 1. The van der Waals surface area contributed by atoms with Crippen LogP contribution in [0.3, 0.4) is 0 Å². The van der Waals surface area contributed by atoms with Gasteiger partial charge in [-0.25, -0.2) is 4.98 Å². The zero-order valence-electron chi connectivity index (χ0n) is 9.32. The molecule has 1 aromatic heterocycles. The lowest BCUT2D eigenvalue weighted by Crippen LogP contribution is -2.40. The van der Waals surface area contributed by atoms with Crippen molar-refractivity contribution in [3.8, 4) is 0 Å². The SMILES string of the molecule is CC(N)(CO)CCCSc1ccc(Cl)cn1. The van der Waals surface area contributed by atoms with Crippen LogP contribution in [0.4, 0.5) is 0 Å². The lowest BCUT2D eigenvalue weighted by molar-refractivity contribution is 0.200. The largest absolute Gasteiger partial charge is 0.394 e. The third kappa shape index (κ3) is 5.16. The fraction of sp³-hybridized carbons (Fsp3) is 0.545. The van der Waals surface area contributed by atoms with Crippen LogP contribution >= 0.6 is 23.4 Å². The predicted octanol–water partition coefficient (Wildman–Crippen LogP) is 2.32. The third-order valence-electron chi connectivity index (χ3n) is 2.20. The Morgan fingerprint density at radius 1 is 1.56 bits per heavy atom. The second kappa shape index (κ2) is 6.45. The van der Waals surface area contributed by atoms with E-state index in [0.29, 0.717) is 5.02 Å². The second-order valence-electron chi connectivity index (χ2n) is 4.08. The molecule has 90 valence electrons. The van der Waals surface area contributed by atoms with Gasteiger partial charge in [-0.15, -0.1) is 11.8 Å². The number of hydrogen-bond acceptors (Lipinski definition) is 4. The van der Waals surface area contributed by atoms with E-state index in [4.69, 9.17) is 22.4 Å². The van der Waals surface area contributed by atoms with Crippen LogP contribution in [0.2, 0.25) is 5.02 Å². The number of halogens is 1. The normalized spacial score (nSPS) is 14.8. The molecule has 0 fully saturated rings. The highest BCUT2D eigenvalue weighted by Crippen LogP contribution is 2.19. The predicted molar refractivity (Wildman–Crippen MR) is 68.9 cm³/mol. The van der Waals surface area contributed by atoms with Gasteiger partial charge in [0.2, 0.25) is 0 Å². The van der Waals surface area contributed by atoms with Crippen LogP contribution in [-0.2, 0) is 0 Å². The Morgan fingerprint density at radius 3 is 2.88 bits per heavy atom. The maximum Gasteiger partial charge on any atom is 0.0960 e. The summed E-state index contributed by atoms with van der Waals surface area (Å²) >= 11 is 7.41. The van der Waals surface area contributed by atoms with E-state index in [2.05, 4.69) is 4.98 Å². The molecule has 0 bridgehead atoms. The smallest absolute Gasteiger partial charge is 0.0960 e. The molecule has 16 heavy (non-hydrogen) atoms. The zero-order valence-corrected chi connectivity index (χ0v) is 10.9. The molecule has 1 atom stereocenters. The molecular weight excluding hydrogens is 244 g/mol. The first-order valence-electron chi connectivity index (χ1n) is 5.17. The van der Waals surface area contributed by atoms with Crippen molar-refractivity contribution in [1.82, 2.24) is 4.98 Å². The molecule has 1 aromatic rings. The molecule has 0 amide bonds. The van der Waals surface area contributed by atoms with Crippen molar-refractivity contribution in [3.63, 3.8) is 0 Å². The van der Waals surface area contributed by atoms with Crippen molar-refractivity contribution < 1.29 is 5.11 Å². The molecule has 1 unspecified atom stereocenters. The van der Waals surface area contributed by atoms with E-state index in [1.54, 1.807) is 18.0 Å². The van der Waals surface area contributed by atoms with Crippen LogP contribution in [0, 0.1) is 0 Å². The Morgan fingerprint density at radius 2 is 2.31 bits per heavy atom. The summed E-state index contributed by atoms with van der Waals surface area (Å²) in [6.07, 6.45) is 3.41. The van der Waals surface area contributed by atoms with E-state index in [-0.39, 0.29) is 6.61 Å². The topological polar surface area (TPSA) is 59.1 Å². The molecular formula is C11H17ClN2OS. The van der Waals surface area contributed by atoms with Gasteiger partial charge in [-0.05, 0) is 37.7 Å². The molecule has 0 saturated carbocycles. The molecule has 3 N–H and O–H groups in total. The van der Waals surface area contributed by atoms with Crippen LogP contribution in [0.25, 0.3) is 0 Å². The number of nitrogens with two attached hydrogens (primary N) is 1. The highest BCUT2D eigenvalue weighted by molar-refractivity contribution is 7.99. The van der Waals surface area contributed by atoms with Gasteiger partial charge < -0.3 is 10.8 Å². The number of thioether (sulfide) groups is 1. The van der Waals surface area contributed by atoms with E-state index in [1.807, 2.05) is 19.1 Å². The number of rotatable bonds is 6. The van der Waals surface area contributed by atoms with Gasteiger partial charge in [0.05, 0.1) is 16.7 Å². The summed E-state index contributed by atoms with van der Waals surface area (Å²) in [6, 6.07) is 3.73. The minimum atomic E-state index is -0.464. The summed E-state index contributed by atoms with van der Waals surface area (Å²) in [4.78, 5) is 4.18. The first-order chi connectivity index (χ1) is 7.53. The molecule has 1 heterocycles. The van der Waals surface area contributed by atoms with Crippen LogP contribution < -0.4 is 5.73 Å². The Kier molecular flexibility index (Phi) is 5.55. The minimum Gasteiger partial charge on any atom is -0.394 e. The van der Waals surface area contributed by atoms with Crippen LogP contribution in [-0.4, -0.2) is 28.0 Å². The fourth-order valence-corrected chi connectivity index (χ4v) is 2.08. The van der Waals surface area contributed by atoms with Crippen molar-refractivity contribution in [2.24, 2.45) is 5.73 Å². The summed E-state index contributed by atoms with van der Waals surface area (Å²) in [6.45, 7) is 1.88. The minimum absolute atomic E-state index is 0.0247. The number of hydrogen-bond donors (Lipinski definition) is 2. The highest BCUT2D eigenvalue weighted by atomic mass is 35.5. The van der Waals surface area contributed by atoms with Crippen LogP contribution in [0.1, 0.15) is 19.8 Å². The van der Waals surface area contributed by atoms with Gasteiger partial charge in [0, 0.05) is 11.7 Å². The van der Waals surface area contributed by atoms with Gasteiger partial charge in [0.15, 0.2) is 0 Å². The highest BCUT2D eigenvalue weighted by Gasteiger charge is 2.15. The quantitative estimate of drug-likeness (QED) is 0.609. The van der Waals surface area contributed by atoms with Gasteiger partial charge in [0.25, 0.3) is 0 Å². The summed E-state index contributed by atoms with van der Waals surface area (Å²) in [5.41, 5.74) is 5.36. The van der Waals surface area contributed by atoms with Gasteiger partial charge in [-0.2, -0.15) is 0 Å². The lowest BCUT2D eigenvalue weighted by Gasteiger charge is -2.20. The maximum absolute atomic E-state index is 8.98. The Balaban J connectivity index is 2.23. The van der Waals surface area contributed by atoms with Crippen molar-refractivity contribution in [3.05, 3.63) is 23.4 Å². The Labute approximate surface area is 105 Å². The van der Waals surface area contributed by atoms with Gasteiger partial charge in [-0.1, -0.05) is 11.6 Å². The molecule has 0 aliphatic heterocycles. The average Bonchev–Trinajstić information content (AvgIpc) is 2.27. The first-order valence-corrected chi connectivity index (χ1v) is 6.54. The monoisotopic (exact) mass is 260 g/mol. The molecule has 0 saturated heterocycles. The van der Waals surface area contributed by atoms with Crippen LogP contribution in [0.15, 0.2) is 23.4 Å². The lowest BCUT2D eigenvalue weighted by atomic mass is 9.99. The van der Waals surface area contributed by atoms with E-state index in [1.165, 1.54) is 0 Å². The Hall–Kier alpha value is -0.290. The average molecular weight is 261 g/mol. The van der Waals surface area contributed by atoms with E-state index >= 15 is 0 Å². The summed E-state index contributed by atoms with van der Waals surface area (Å²) in [5, 5.41) is 10.6. The number of pyridine rings is 1. The summed E-state index contributed by atoms with van der Waals surface area (Å²) in [7, 11) is 0. The summed E-state index contributed by atoms with van der Waals surface area (Å²) in [5.74, 6) is 0.946. The van der Waals surface area contributed by atoms with Crippen molar-refractivity contribution in [1.29, 1.82) is 0 Å². The molecule has 0 spiro atoms. The molecule has 0 radical (unpaired) electrons. The fourth-order valence-electron chi connectivity index (χ4n) is 1.18. The first kappa shape index (κ1) is 13.8. The van der Waals surface area contributed by atoms with Crippen molar-refractivity contribution >= 4 is 23.4 Å². The van der Waals surface area contributed by atoms with E-state index < -0.39 is 5.54 Å². The third-order valence-corrected chi connectivity index (χ3v) is 3.46. The molecule has 5 heteroatoms. The summed E-state index contributed by atoms with van der Waals surface area (Å²) < 4.78 is 0. The van der Waals surface area contributed by atoms with Gasteiger partial charge in [0.1, 0.15) is 0 Å². The molecule has 0 aromatic carbocycles. The van der Waals surface area contributed by atoms with Gasteiger partial charge in [-0.3, -0.25) is 0 Å².